The Morgan fingerprint density at radius 2 is 2.15 bits per heavy atom. The molecular formula is C14H18N2O4. The Morgan fingerprint density at radius 3 is 2.70 bits per heavy atom. The average molecular weight is 278 g/mol. The highest BCUT2D eigenvalue weighted by atomic mass is 16.5. The van der Waals surface area contributed by atoms with Crippen LogP contribution < -0.4 is 15.2 Å². The van der Waals surface area contributed by atoms with E-state index in [0.717, 1.165) is 5.56 Å². The number of methoxy groups -OCH3 is 2. The molecule has 2 N–H and O–H groups in total. The molecule has 0 saturated carbocycles. The van der Waals surface area contributed by atoms with Crippen LogP contribution >= 0.6 is 0 Å². The first-order chi connectivity index (χ1) is 9.55. The van der Waals surface area contributed by atoms with E-state index in [2.05, 4.69) is 0 Å². The summed E-state index contributed by atoms with van der Waals surface area (Å²) in [5.74, 6) is 0.469. The Bertz CT molecular complexity index is 530. The minimum atomic E-state index is -0.432. The molecule has 0 aliphatic carbocycles. The number of primary amides is 1. The van der Waals surface area contributed by atoms with Crippen LogP contribution in [0, 0.1) is 5.92 Å². The van der Waals surface area contributed by atoms with Crippen LogP contribution in [0.4, 0.5) is 0 Å². The molecule has 1 aromatic rings. The van der Waals surface area contributed by atoms with Gasteiger partial charge in [-0.25, -0.2) is 0 Å². The predicted molar refractivity (Wildman–Crippen MR) is 72.3 cm³/mol. The lowest BCUT2D eigenvalue weighted by Gasteiger charge is -2.18. The zero-order valence-corrected chi connectivity index (χ0v) is 11.6. The van der Waals surface area contributed by atoms with Crippen LogP contribution in [0.2, 0.25) is 0 Å². The van der Waals surface area contributed by atoms with E-state index in [4.69, 9.17) is 15.2 Å². The van der Waals surface area contributed by atoms with E-state index in [0.29, 0.717) is 24.6 Å². The third-order valence-corrected chi connectivity index (χ3v) is 3.47. The summed E-state index contributed by atoms with van der Waals surface area (Å²) in [6.07, 6.45) is 0.182. The number of nitrogens with two attached hydrogens (primary N) is 1. The van der Waals surface area contributed by atoms with Gasteiger partial charge >= 0.3 is 0 Å². The van der Waals surface area contributed by atoms with E-state index in [9.17, 15) is 9.59 Å². The molecule has 0 aromatic heterocycles. The van der Waals surface area contributed by atoms with Crippen LogP contribution in [0.3, 0.4) is 0 Å². The second kappa shape index (κ2) is 5.81. The monoisotopic (exact) mass is 278 g/mol. The molecule has 2 amide bonds. The standard InChI is InChI=1S/C14H18N2O4/c1-19-11-3-4-12(20-2)9(5-11)7-16-8-10(14(15)18)6-13(16)17/h3-5,10H,6-8H2,1-2H3,(H2,15,18). The van der Waals surface area contributed by atoms with Crippen molar-refractivity contribution in [2.24, 2.45) is 11.7 Å². The quantitative estimate of drug-likeness (QED) is 0.852. The van der Waals surface area contributed by atoms with Crippen LogP contribution in [-0.4, -0.2) is 37.5 Å². The molecular weight excluding hydrogens is 260 g/mol. The zero-order valence-electron chi connectivity index (χ0n) is 11.6. The van der Waals surface area contributed by atoms with Gasteiger partial charge in [-0.3, -0.25) is 9.59 Å². The van der Waals surface area contributed by atoms with Gasteiger partial charge in [0, 0.05) is 25.1 Å². The fraction of sp³-hybridized carbons (Fsp3) is 0.429. The molecule has 1 saturated heterocycles. The Morgan fingerprint density at radius 1 is 1.40 bits per heavy atom. The van der Waals surface area contributed by atoms with Gasteiger partial charge in [-0.1, -0.05) is 0 Å². The van der Waals surface area contributed by atoms with Gasteiger partial charge in [0.2, 0.25) is 11.8 Å². The fourth-order valence-corrected chi connectivity index (χ4v) is 2.33. The second-order valence-electron chi connectivity index (χ2n) is 4.76. The highest BCUT2D eigenvalue weighted by Crippen LogP contribution is 2.27. The van der Waals surface area contributed by atoms with Crippen molar-refractivity contribution >= 4 is 11.8 Å². The number of likely N-dealkylation sites (tertiary alicyclic amines) is 1. The lowest BCUT2D eigenvalue weighted by Crippen LogP contribution is -2.28. The van der Waals surface area contributed by atoms with Gasteiger partial charge in [-0.15, -0.1) is 0 Å². The molecule has 6 heteroatoms. The number of carbonyl (C=O) groups is 2. The number of nitrogens with zero attached hydrogens (tertiary/aromatic N) is 1. The zero-order chi connectivity index (χ0) is 14.7. The maximum atomic E-state index is 11.9. The number of hydrogen-bond acceptors (Lipinski definition) is 4. The number of amides is 2. The smallest absolute Gasteiger partial charge is 0.223 e. The Labute approximate surface area is 117 Å². The summed E-state index contributed by atoms with van der Waals surface area (Å²) in [6, 6.07) is 5.41. The van der Waals surface area contributed by atoms with Gasteiger partial charge in [0.25, 0.3) is 0 Å². The third kappa shape index (κ3) is 2.84. The van der Waals surface area contributed by atoms with Crippen molar-refractivity contribution in [3.8, 4) is 11.5 Å². The van der Waals surface area contributed by atoms with E-state index in [1.54, 1.807) is 31.3 Å². The number of carbonyl (C=O) groups excluding carboxylic acids is 2. The molecule has 1 aromatic carbocycles. The topological polar surface area (TPSA) is 81.9 Å². The summed E-state index contributed by atoms with van der Waals surface area (Å²) >= 11 is 0. The second-order valence-corrected chi connectivity index (χ2v) is 4.76. The fourth-order valence-electron chi connectivity index (χ4n) is 2.33. The van der Waals surface area contributed by atoms with Crippen LogP contribution in [0.5, 0.6) is 11.5 Å². The minimum absolute atomic E-state index is 0.0707. The first kappa shape index (κ1) is 14.2. The van der Waals surface area contributed by atoms with Gasteiger partial charge in [-0.2, -0.15) is 0 Å². The molecule has 0 bridgehead atoms. The highest BCUT2D eigenvalue weighted by Gasteiger charge is 2.33. The molecule has 6 nitrogen and oxygen atoms in total. The summed E-state index contributed by atoms with van der Waals surface area (Å²) in [6.45, 7) is 0.734. The van der Waals surface area contributed by atoms with Gasteiger partial charge in [-0.05, 0) is 18.2 Å². The molecule has 1 fully saturated rings. The van der Waals surface area contributed by atoms with Gasteiger partial charge in [0.05, 0.1) is 20.1 Å². The molecule has 108 valence electrons. The molecule has 1 heterocycles. The Kier molecular flexibility index (Phi) is 4.12. The first-order valence-corrected chi connectivity index (χ1v) is 6.33. The third-order valence-electron chi connectivity index (χ3n) is 3.47. The minimum Gasteiger partial charge on any atom is -0.497 e. The van der Waals surface area contributed by atoms with E-state index in [1.165, 1.54) is 0 Å². The van der Waals surface area contributed by atoms with E-state index >= 15 is 0 Å². The molecule has 1 unspecified atom stereocenters. The lowest BCUT2D eigenvalue weighted by molar-refractivity contribution is -0.128. The number of benzene rings is 1. The molecule has 2 rings (SSSR count). The van der Waals surface area contributed by atoms with Crippen molar-refractivity contribution in [1.29, 1.82) is 0 Å². The van der Waals surface area contributed by atoms with Crippen LogP contribution in [0.1, 0.15) is 12.0 Å². The largest absolute Gasteiger partial charge is 0.497 e. The molecule has 1 aliphatic heterocycles. The number of rotatable bonds is 5. The number of hydrogen-bond donors (Lipinski definition) is 1. The molecule has 1 atom stereocenters. The van der Waals surface area contributed by atoms with Gasteiger partial charge in [0.1, 0.15) is 11.5 Å². The van der Waals surface area contributed by atoms with Crippen LogP contribution in [-0.2, 0) is 16.1 Å². The van der Waals surface area contributed by atoms with E-state index in [-0.39, 0.29) is 12.3 Å². The van der Waals surface area contributed by atoms with Crippen LogP contribution in [0.25, 0.3) is 0 Å². The van der Waals surface area contributed by atoms with Crippen molar-refractivity contribution < 1.29 is 19.1 Å². The van der Waals surface area contributed by atoms with Gasteiger partial charge < -0.3 is 20.1 Å². The highest BCUT2D eigenvalue weighted by molar-refractivity contribution is 5.88. The van der Waals surface area contributed by atoms with Gasteiger partial charge in [0.15, 0.2) is 0 Å². The van der Waals surface area contributed by atoms with Crippen molar-refractivity contribution in [3.05, 3.63) is 23.8 Å². The lowest BCUT2D eigenvalue weighted by atomic mass is 10.1. The van der Waals surface area contributed by atoms with E-state index < -0.39 is 11.8 Å². The summed E-state index contributed by atoms with van der Waals surface area (Å²) < 4.78 is 10.5. The first-order valence-electron chi connectivity index (χ1n) is 6.33. The normalized spacial score (nSPS) is 18.2. The van der Waals surface area contributed by atoms with Crippen molar-refractivity contribution in [1.82, 2.24) is 4.90 Å². The Hall–Kier alpha value is -2.24. The molecule has 0 radical (unpaired) electrons. The number of ether oxygens (including phenoxy) is 2. The van der Waals surface area contributed by atoms with Crippen molar-refractivity contribution in [2.45, 2.75) is 13.0 Å². The summed E-state index contributed by atoms with van der Waals surface area (Å²) in [5.41, 5.74) is 6.09. The maximum Gasteiger partial charge on any atom is 0.223 e. The maximum absolute atomic E-state index is 11.9. The summed E-state index contributed by atoms with van der Waals surface area (Å²) in [5, 5.41) is 0. The average Bonchev–Trinajstić information content (AvgIpc) is 2.80. The van der Waals surface area contributed by atoms with E-state index in [1.807, 2.05) is 6.07 Å². The SMILES string of the molecule is COc1ccc(OC)c(CN2CC(C(N)=O)CC2=O)c1. The summed E-state index contributed by atoms with van der Waals surface area (Å²) in [4.78, 5) is 24.7. The molecule has 1 aliphatic rings. The Balaban J connectivity index is 2.17. The molecule has 0 spiro atoms. The summed E-state index contributed by atoms with van der Waals surface area (Å²) in [7, 11) is 3.15. The molecule has 20 heavy (non-hydrogen) atoms. The van der Waals surface area contributed by atoms with Crippen LogP contribution in [0.15, 0.2) is 18.2 Å². The van der Waals surface area contributed by atoms with Crippen molar-refractivity contribution in [2.75, 3.05) is 20.8 Å². The van der Waals surface area contributed by atoms with Crippen molar-refractivity contribution in [3.63, 3.8) is 0 Å². The predicted octanol–water partition coefficient (Wildman–Crippen LogP) is 0.538.